The maximum atomic E-state index is 13.2. The van der Waals surface area contributed by atoms with Gasteiger partial charge in [0.25, 0.3) is 11.5 Å². The highest BCUT2D eigenvalue weighted by molar-refractivity contribution is 7.13. The van der Waals surface area contributed by atoms with Gasteiger partial charge in [0.1, 0.15) is 4.88 Å². The highest BCUT2D eigenvalue weighted by Gasteiger charge is 2.42. The molecule has 2 aliphatic heterocycles. The van der Waals surface area contributed by atoms with Gasteiger partial charge in [-0.25, -0.2) is 4.98 Å². The maximum absolute atomic E-state index is 13.2. The molecular formula is C22H29N3O2S. The van der Waals surface area contributed by atoms with Crippen LogP contribution in [-0.4, -0.2) is 33.4 Å². The highest BCUT2D eigenvalue weighted by Crippen LogP contribution is 2.43. The first-order valence-corrected chi connectivity index (χ1v) is 11.1. The van der Waals surface area contributed by atoms with Crippen molar-refractivity contribution >= 4 is 17.2 Å². The molecule has 1 saturated heterocycles. The molecule has 150 valence electrons. The first kappa shape index (κ1) is 19.4. The standard InChI is InChI=1S/C22H29N3O2S/c1-13(2)8-9-19-17-10-16(18-6-5-7-20(26)25(18)19)11-24(12-17)22(27)21-14(3)23-15(4)28-21/h5-7,13,16-17,19H,8-12H2,1-4H3/t16-,17+,19+/m1/s1. The van der Waals surface area contributed by atoms with Crippen molar-refractivity contribution in [1.82, 2.24) is 14.5 Å². The minimum absolute atomic E-state index is 0.104. The average molecular weight is 400 g/mol. The van der Waals surface area contributed by atoms with Crippen LogP contribution in [-0.2, 0) is 0 Å². The van der Waals surface area contributed by atoms with E-state index in [2.05, 4.69) is 24.9 Å². The molecule has 1 amide bonds. The number of likely N-dealkylation sites (tertiary alicyclic amines) is 1. The zero-order valence-electron chi connectivity index (χ0n) is 17.1. The number of carbonyl (C=O) groups is 1. The number of aryl methyl sites for hydroxylation is 2. The number of aromatic nitrogens is 2. The fourth-order valence-electron chi connectivity index (χ4n) is 4.95. The van der Waals surface area contributed by atoms with Gasteiger partial charge in [0.2, 0.25) is 0 Å². The van der Waals surface area contributed by atoms with Gasteiger partial charge in [0, 0.05) is 36.8 Å². The maximum Gasteiger partial charge on any atom is 0.265 e. The Kier molecular flexibility index (Phi) is 5.17. The molecule has 4 heterocycles. The van der Waals surface area contributed by atoms with E-state index in [1.807, 2.05) is 29.4 Å². The van der Waals surface area contributed by atoms with Crippen LogP contribution in [0.1, 0.15) is 71.1 Å². The first-order valence-electron chi connectivity index (χ1n) is 10.3. The number of nitrogens with zero attached hydrogens (tertiary/aromatic N) is 3. The Bertz CT molecular complexity index is 945. The molecule has 3 atom stereocenters. The summed E-state index contributed by atoms with van der Waals surface area (Å²) in [5, 5.41) is 0.935. The minimum atomic E-state index is 0.104. The normalized spacial score (nSPS) is 23.8. The fraction of sp³-hybridized carbons (Fsp3) is 0.591. The number of thiazole rings is 1. The molecule has 0 spiro atoms. The third-order valence-electron chi connectivity index (χ3n) is 6.22. The number of amides is 1. The van der Waals surface area contributed by atoms with Crippen molar-refractivity contribution in [3.05, 3.63) is 49.8 Å². The summed E-state index contributed by atoms with van der Waals surface area (Å²) in [6.07, 6.45) is 3.15. The molecule has 0 unspecified atom stereocenters. The van der Waals surface area contributed by atoms with Crippen LogP contribution in [0.25, 0.3) is 0 Å². The Morgan fingerprint density at radius 3 is 2.75 bits per heavy atom. The molecule has 2 aromatic heterocycles. The van der Waals surface area contributed by atoms with Crippen molar-refractivity contribution in [3.63, 3.8) is 0 Å². The molecule has 28 heavy (non-hydrogen) atoms. The van der Waals surface area contributed by atoms with E-state index >= 15 is 0 Å². The number of pyridine rings is 1. The van der Waals surface area contributed by atoms with E-state index in [9.17, 15) is 9.59 Å². The molecule has 2 aromatic rings. The smallest absolute Gasteiger partial charge is 0.265 e. The molecule has 4 rings (SSSR count). The van der Waals surface area contributed by atoms with E-state index in [0.29, 0.717) is 18.4 Å². The largest absolute Gasteiger partial charge is 0.337 e. The van der Waals surface area contributed by atoms with Crippen LogP contribution in [0.15, 0.2) is 23.0 Å². The monoisotopic (exact) mass is 399 g/mol. The summed E-state index contributed by atoms with van der Waals surface area (Å²) in [6.45, 7) is 9.74. The van der Waals surface area contributed by atoms with Gasteiger partial charge in [-0.1, -0.05) is 19.9 Å². The van der Waals surface area contributed by atoms with Crippen LogP contribution in [0, 0.1) is 25.7 Å². The zero-order valence-corrected chi connectivity index (χ0v) is 18.0. The van der Waals surface area contributed by atoms with Gasteiger partial charge in [0.15, 0.2) is 0 Å². The Hall–Kier alpha value is -1.95. The third-order valence-corrected chi connectivity index (χ3v) is 7.28. The van der Waals surface area contributed by atoms with Crippen molar-refractivity contribution in [3.8, 4) is 0 Å². The van der Waals surface area contributed by atoms with Gasteiger partial charge >= 0.3 is 0 Å². The van der Waals surface area contributed by atoms with Crippen LogP contribution >= 0.6 is 11.3 Å². The second-order valence-corrected chi connectivity index (χ2v) is 9.95. The fourth-order valence-corrected chi connectivity index (χ4v) is 5.84. The molecule has 5 nitrogen and oxygen atoms in total. The minimum Gasteiger partial charge on any atom is -0.337 e. The van der Waals surface area contributed by atoms with Crippen LogP contribution in [0.4, 0.5) is 0 Å². The number of carbonyl (C=O) groups excluding carboxylic acids is 1. The van der Waals surface area contributed by atoms with Crippen molar-refractivity contribution < 1.29 is 4.79 Å². The molecule has 0 aromatic carbocycles. The van der Waals surface area contributed by atoms with E-state index in [4.69, 9.17) is 0 Å². The van der Waals surface area contributed by atoms with Gasteiger partial charge in [-0.15, -0.1) is 11.3 Å². The van der Waals surface area contributed by atoms with Crippen molar-refractivity contribution in [1.29, 1.82) is 0 Å². The van der Waals surface area contributed by atoms with Crippen LogP contribution in [0.3, 0.4) is 0 Å². The topological polar surface area (TPSA) is 55.2 Å². The first-order chi connectivity index (χ1) is 13.3. The van der Waals surface area contributed by atoms with E-state index in [-0.39, 0.29) is 23.4 Å². The Morgan fingerprint density at radius 1 is 1.29 bits per heavy atom. The molecule has 2 aliphatic rings. The lowest BCUT2D eigenvalue weighted by Gasteiger charge is -2.47. The third kappa shape index (κ3) is 3.43. The predicted molar refractivity (Wildman–Crippen MR) is 112 cm³/mol. The molecular weight excluding hydrogens is 370 g/mol. The van der Waals surface area contributed by atoms with E-state index in [1.54, 1.807) is 6.07 Å². The quantitative estimate of drug-likeness (QED) is 0.776. The van der Waals surface area contributed by atoms with Crippen LogP contribution in [0.2, 0.25) is 0 Å². The molecule has 0 aliphatic carbocycles. The summed E-state index contributed by atoms with van der Waals surface area (Å²) in [5.41, 5.74) is 2.04. The summed E-state index contributed by atoms with van der Waals surface area (Å²) in [5.74, 6) is 1.28. The Labute approximate surface area is 170 Å². The van der Waals surface area contributed by atoms with Crippen LogP contribution in [0.5, 0.6) is 0 Å². The summed E-state index contributed by atoms with van der Waals surface area (Å²) < 4.78 is 2.05. The molecule has 1 fully saturated rings. The van der Waals surface area contributed by atoms with Crippen LogP contribution < -0.4 is 5.56 Å². The highest BCUT2D eigenvalue weighted by atomic mass is 32.1. The van der Waals surface area contributed by atoms with Crippen molar-refractivity contribution in [2.75, 3.05) is 13.1 Å². The lowest BCUT2D eigenvalue weighted by atomic mass is 9.76. The van der Waals surface area contributed by atoms with Crippen molar-refractivity contribution in [2.45, 2.75) is 58.9 Å². The van der Waals surface area contributed by atoms with Gasteiger partial charge in [-0.3, -0.25) is 9.59 Å². The van der Waals surface area contributed by atoms with Crippen molar-refractivity contribution in [2.24, 2.45) is 11.8 Å². The second kappa shape index (κ2) is 7.47. The number of hydrogen-bond donors (Lipinski definition) is 0. The summed E-state index contributed by atoms with van der Waals surface area (Å²) in [4.78, 5) is 33.2. The number of hydrogen-bond acceptors (Lipinski definition) is 4. The van der Waals surface area contributed by atoms with E-state index in [1.165, 1.54) is 11.3 Å². The lowest BCUT2D eigenvalue weighted by Crippen LogP contribution is -2.51. The Morgan fingerprint density at radius 2 is 2.07 bits per heavy atom. The lowest BCUT2D eigenvalue weighted by molar-refractivity contribution is 0.0517. The second-order valence-electron chi connectivity index (χ2n) is 8.75. The molecule has 2 bridgehead atoms. The van der Waals surface area contributed by atoms with Gasteiger partial charge in [-0.2, -0.15) is 0 Å². The number of rotatable bonds is 4. The Balaban J connectivity index is 1.68. The molecule has 6 heteroatoms. The van der Waals surface area contributed by atoms with E-state index in [0.717, 1.165) is 47.1 Å². The van der Waals surface area contributed by atoms with Gasteiger partial charge in [-0.05, 0) is 51.0 Å². The van der Waals surface area contributed by atoms with Gasteiger partial charge < -0.3 is 9.47 Å². The SMILES string of the molecule is Cc1nc(C)c(C(=O)N2C[C@H]3C[C@@H](C2)[C@H](CCC(C)C)n2c3cccc2=O)s1. The summed E-state index contributed by atoms with van der Waals surface area (Å²) in [6, 6.07) is 5.81. The average Bonchev–Trinajstić information content (AvgIpc) is 2.99. The summed E-state index contributed by atoms with van der Waals surface area (Å²) >= 11 is 1.49. The van der Waals surface area contributed by atoms with Gasteiger partial charge in [0.05, 0.1) is 10.7 Å². The summed E-state index contributed by atoms with van der Waals surface area (Å²) in [7, 11) is 0. The number of piperidine rings is 1. The molecule has 0 N–H and O–H groups in total. The van der Waals surface area contributed by atoms with E-state index < -0.39 is 0 Å². The number of fused-ring (bicyclic) bond motifs is 4. The predicted octanol–water partition coefficient (Wildman–Crippen LogP) is 4.16. The zero-order chi connectivity index (χ0) is 20.0. The molecule has 0 saturated carbocycles. The molecule has 0 radical (unpaired) electrons.